The molecule has 0 saturated heterocycles. The second-order valence-electron chi connectivity index (χ2n) is 6.48. The van der Waals surface area contributed by atoms with E-state index in [0.717, 1.165) is 0 Å². The van der Waals surface area contributed by atoms with Gasteiger partial charge in [0.25, 0.3) is 0 Å². The summed E-state index contributed by atoms with van der Waals surface area (Å²) in [6.45, 7) is 8.26. The second-order valence-corrected chi connectivity index (χ2v) is 9.72. The molecule has 0 aliphatic heterocycles. The predicted molar refractivity (Wildman–Crippen MR) is 117 cm³/mol. The normalized spacial score (nSPS) is 12.8. The molecule has 0 bridgehead atoms. The van der Waals surface area contributed by atoms with Crippen molar-refractivity contribution in [1.82, 2.24) is 4.31 Å². The molecule has 2 aromatic rings. The van der Waals surface area contributed by atoms with Gasteiger partial charge in [0, 0.05) is 24.0 Å². The van der Waals surface area contributed by atoms with Crippen LogP contribution in [0.15, 0.2) is 53.4 Å². The van der Waals surface area contributed by atoms with E-state index < -0.39 is 10.0 Å². The molecule has 0 spiro atoms. The molecular formula is C21H28N2O3S2. The average Bonchev–Trinajstić information content (AvgIpc) is 2.69. The number of nitrogens with zero attached hydrogens (tertiary/aromatic N) is 1. The van der Waals surface area contributed by atoms with E-state index in [9.17, 15) is 13.2 Å². The van der Waals surface area contributed by atoms with Gasteiger partial charge in [-0.15, -0.1) is 11.8 Å². The van der Waals surface area contributed by atoms with E-state index in [1.807, 2.05) is 44.2 Å². The number of carbonyl (C=O) groups is 1. The minimum absolute atomic E-state index is 0.150. The fourth-order valence-electron chi connectivity index (χ4n) is 2.88. The number of hydrogen-bond acceptors (Lipinski definition) is 4. The van der Waals surface area contributed by atoms with E-state index in [-0.39, 0.29) is 16.1 Å². The molecule has 1 atom stereocenters. The zero-order valence-electron chi connectivity index (χ0n) is 16.8. The molecule has 2 rings (SSSR count). The third kappa shape index (κ3) is 5.59. The summed E-state index contributed by atoms with van der Waals surface area (Å²) in [6, 6.07) is 15.0. The van der Waals surface area contributed by atoms with Crippen molar-refractivity contribution in [2.24, 2.45) is 0 Å². The van der Waals surface area contributed by atoms with Crippen LogP contribution in [0.1, 0.15) is 37.1 Å². The van der Waals surface area contributed by atoms with Crippen LogP contribution in [0.2, 0.25) is 0 Å². The van der Waals surface area contributed by atoms with E-state index in [1.54, 1.807) is 36.9 Å². The Hall–Kier alpha value is -1.83. The van der Waals surface area contributed by atoms with Crippen LogP contribution in [0, 0.1) is 6.92 Å². The summed E-state index contributed by atoms with van der Waals surface area (Å²) in [5.74, 6) is 0.144. The molecule has 0 aliphatic carbocycles. The minimum atomic E-state index is -3.58. The standard InChI is InChI=1S/C21H28N2O3S2/c1-5-23(6-2)28(25,26)20-14-19(13-12-16(20)3)22-21(24)15-27-17(4)18-10-8-7-9-11-18/h7-14,17H,5-6,15H2,1-4H3,(H,22,24)/t17-/m0/s1. The third-order valence-electron chi connectivity index (χ3n) is 4.53. The van der Waals surface area contributed by atoms with E-state index in [0.29, 0.717) is 30.1 Å². The number of anilines is 1. The maximum Gasteiger partial charge on any atom is 0.243 e. The van der Waals surface area contributed by atoms with E-state index in [2.05, 4.69) is 12.2 Å². The predicted octanol–water partition coefficient (Wildman–Crippen LogP) is 4.46. The van der Waals surface area contributed by atoms with Gasteiger partial charge in [-0.3, -0.25) is 4.79 Å². The molecule has 0 aliphatic rings. The molecule has 0 radical (unpaired) electrons. The molecule has 0 aromatic heterocycles. The first-order valence-corrected chi connectivity index (χ1v) is 11.9. The van der Waals surface area contributed by atoms with Gasteiger partial charge < -0.3 is 5.32 Å². The maximum atomic E-state index is 12.8. The van der Waals surface area contributed by atoms with Crippen LogP contribution in [-0.4, -0.2) is 37.5 Å². The van der Waals surface area contributed by atoms with Gasteiger partial charge in [0.1, 0.15) is 0 Å². The Morgan fingerprint density at radius 3 is 2.36 bits per heavy atom. The van der Waals surface area contributed by atoms with Gasteiger partial charge in [-0.25, -0.2) is 8.42 Å². The lowest BCUT2D eigenvalue weighted by Crippen LogP contribution is -2.31. The summed E-state index contributed by atoms with van der Waals surface area (Å²) in [5.41, 5.74) is 2.33. The highest BCUT2D eigenvalue weighted by Crippen LogP contribution is 2.28. The van der Waals surface area contributed by atoms with Gasteiger partial charge in [-0.1, -0.05) is 50.2 Å². The van der Waals surface area contributed by atoms with Crippen LogP contribution >= 0.6 is 11.8 Å². The van der Waals surface area contributed by atoms with Gasteiger partial charge in [0.15, 0.2) is 0 Å². The lowest BCUT2D eigenvalue weighted by Gasteiger charge is -2.20. The Morgan fingerprint density at radius 2 is 1.75 bits per heavy atom. The molecule has 0 unspecified atom stereocenters. The maximum absolute atomic E-state index is 12.8. The molecule has 7 heteroatoms. The molecule has 1 amide bonds. The van der Waals surface area contributed by atoms with Gasteiger partial charge in [-0.2, -0.15) is 4.31 Å². The molecule has 2 aromatic carbocycles. The number of sulfonamides is 1. The zero-order chi connectivity index (χ0) is 20.7. The number of carbonyl (C=O) groups excluding carboxylic acids is 1. The molecular weight excluding hydrogens is 392 g/mol. The number of nitrogens with one attached hydrogen (secondary N) is 1. The number of amides is 1. The van der Waals surface area contributed by atoms with Crippen LogP contribution in [0.5, 0.6) is 0 Å². The van der Waals surface area contributed by atoms with Gasteiger partial charge in [0.2, 0.25) is 15.9 Å². The van der Waals surface area contributed by atoms with Gasteiger partial charge >= 0.3 is 0 Å². The fourth-order valence-corrected chi connectivity index (χ4v) is 5.41. The largest absolute Gasteiger partial charge is 0.325 e. The van der Waals surface area contributed by atoms with Crippen molar-refractivity contribution in [2.75, 3.05) is 24.2 Å². The lowest BCUT2D eigenvalue weighted by atomic mass is 10.2. The first-order chi connectivity index (χ1) is 13.3. The van der Waals surface area contributed by atoms with Gasteiger partial charge in [-0.05, 0) is 37.1 Å². The summed E-state index contributed by atoms with van der Waals surface area (Å²) in [7, 11) is -3.58. The minimum Gasteiger partial charge on any atom is -0.325 e. The van der Waals surface area contributed by atoms with E-state index in [1.165, 1.54) is 9.87 Å². The molecule has 5 nitrogen and oxygen atoms in total. The Kier molecular flexibility index (Phi) is 8.10. The molecule has 0 fully saturated rings. The smallest absolute Gasteiger partial charge is 0.243 e. The first kappa shape index (κ1) is 22.5. The van der Waals surface area contributed by atoms with Crippen LogP contribution < -0.4 is 5.32 Å². The highest BCUT2D eigenvalue weighted by molar-refractivity contribution is 8.00. The number of hydrogen-bond donors (Lipinski definition) is 1. The summed E-state index contributed by atoms with van der Waals surface area (Å²) in [4.78, 5) is 12.6. The summed E-state index contributed by atoms with van der Waals surface area (Å²) in [6.07, 6.45) is 0. The molecule has 152 valence electrons. The monoisotopic (exact) mass is 420 g/mol. The second kappa shape index (κ2) is 10.1. The number of aryl methyl sites for hydroxylation is 1. The van der Waals surface area contributed by atoms with Crippen LogP contribution in [-0.2, 0) is 14.8 Å². The van der Waals surface area contributed by atoms with Crippen molar-refractivity contribution >= 4 is 33.4 Å². The van der Waals surface area contributed by atoms with E-state index in [4.69, 9.17) is 0 Å². The van der Waals surface area contributed by atoms with Crippen molar-refractivity contribution in [1.29, 1.82) is 0 Å². The van der Waals surface area contributed by atoms with Crippen LogP contribution in [0.4, 0.5) is 5.69 Å². The number of benzene rings is 2. The highest BCUT2D eigenvalue weighted by Gasteiger charge is 2.24. The Morgan fingerprint density at radius 1 is 1.11 bits per heavy atom. The molecule has 0 saturated carbocycles. The summed E-state index contributed by atoms with van der Waals surface area (Å²) in [5, 5.41) is 3.02. The Labute approximate surface area is 172 Å². The quantitative estimate of drug-likeness (QED) is 0.650. The van der Waals surface area contributed by atoms with Crippen molar-refractivity contribution in [3.05, 3.63) is 59.7 Å². The summed E-state index contributed by atoms with van der Waals surface area (Å²) >= 11 is 1.54. The molecule has 0 heterocycles. The Balaban J connectivity index is 2.07. The van der Waals surface area contributed by atoms with Crippen molar-refractivity contribution < 1.29 is 13.2 Å². The van der Waals surface area contributed by atoms with Gasteiger partial charge in [0.05, 0.1) is 10.6 Å². The Bertz CT molecular complexity index is 895. The third-order valence-corrected chi connectivity index (χ3v) is 7.92. The van der Waals surface area contributed by atoms with Crippen molar-refractivity contribution in [3.8, 4) is 0 Å². The zero-order valence-corrected chi connectivity index (χ0v) is 18.4. The summed E-state index contributed by atoms with van der Waals surface area (Å²) < 4.78 is 27.1. The molecule has 28 heavy (non-hydrogen) atoms. The fraction of sp³-hybridized carbons (Fsp3) is 0.381. The van der Waals surface area contributed by atoms with E-state index >= 15 is 0 Å². The highest BCUT2D eigenvalue weighted by atomic mass is 32.2. The number of rotatable bonds is 9. The lowest BCUT2D eigenvalue weighted by molar-refractivity contribution is -0.113. The SMILES string of the molecule is CCN(CC)S(=O)(=O)c1cc(NC(=O)CS[C@@H](C)c2ccccc2)ccc1C. The topological polar surface area (TPSA) is 66.5 Å². The van der Waals surface area contributed by atoms with Crippen LogP contribution in [0.25, 0.3) is 0 Å². The number of thioether (sulfide) groups is 1. The van der Waals surface area contributed by atoms with Crippen molar-refractivity contribution in [3.63, 3.8) is 0 Å². The van der Waals surface area contributed by atoms with Crippen LogP contribution in [0.3, 0.4) is 0 Å². The average molecular weight is 421 g/mol. The first-order valence-electron chi connectivity index (χ1n) is 9.36. The molecule has 1 N–H and O–H groups in total. The van der Waals surface area contributed by atoms with Crippen molar-refractivity contribution in [2.45, 2.75) is 37.8 Å².